The summed E-state index contributed by atoms with van der Waals surface area (Å²) in [6.45, 7) is 3.96. The quantitative estimate of drug-likeness (QED) is 0.852. The summed E-state index contributed by atoms with van der Waals surface area (Å²) in [6.07, 6.45) is 3.58. The Morgan fingerprint density at radius 3 is 2.47 bits per heavy atom. The molecule has 0 radical (unpaired) electrons. The van der Waals surface area contributed by atoms with Gasteiger partial charge in [-0.25, -0.2) is 0 Å². The van der Waals surface area contributed by atoms with Crippen molar-refractivity contribution in [1.29, 1.82) is 0 Å². The van der Waals surface area contributed by atoms with Crippen molar-refractivity contribution in [2.75, 3.05) is 11.9 Å². The van der Waals surface area contributed by atoms with Crippen LogP contribution in [-0.2, 0) is 11.3 Å². The lowest BCUT2D eigenvalue weighted by Gasteiger charge is -2.12. The molecule has 2 unspecified atom stereocenters. The van der Waals surface area contributed by atoms with Crippen molar-refractivity contribution in [3.05, 3.63) is 29.8 Å². The molecule has 2 fully saturated rings. The van der Waals surface area contributed by atoms with Crippen LogP contribution in [0.25, 0.3) is 0 Å². The van der Waals surface area contributed by atoms with E-state index < -0.39 is 0 Å². The van der Waals surface area contributed by atoms with Gasteiger partial charge in [0, 0.05) is 18.2 Å². The topological polar surface area (TPSA) is 41.1 Å². The molecule has 1 aromatic carbocycles. The molecule has 2 aliphatic carbocycles. The van der Waals surface area contributed by atoms with Gasteiger partial charge in [0.1, 0.15) is 0 Å². The van der Waals surface area contributed by atoms with Crippen LogP contribution in [0.2, 0.25) is 0 Å². The van der Waals surface area contributed by atoms with E-state index in [0.717, 1.165) is 43.5 Å². The summed E-state index contributed by atoms with van der Waals surface area (Å²) in [5, 5.41) is 6.34. The van der Waals surface area contributed by atoms with Crippen LogP contribution in [0, 0.1) is 17.8 Å². The van der Waals surface area contributed by atoms with Gasteiger partial charge in [-0.2, -0.15) is 0 Å². The molecule has 0 aliphatic heterocycles. The van der Waals surface area contributed by atoms with E-state index in [4.69, 9.17) is 0 Å². The Balaban J connectivity index is 1.52. The molecule has 2 N–H and O–H groups in total. The zero-order valence-electron chi connectivity index (χ0n) is 11.5. The van der Waals surface area contributed by atoms with E-state index in [-0.39, 0.29) is 11.8 Å². The fourth-order valence-corrected chi connectivity index (χ4v) is 3.15. The summed E-state index contributed by atoms with van der Waals surface area (Å²) < 4.78 is 0. The number of hydrogen-bond donors (Lipinski definition) is 2. The highest BCUT2D eigenvalue weighted by atomic mass is 16.1. The minimum atomic E-state index is 0.214. The molecule has 2 atom stereocenters. The number of nitrogens with one attached hydrogen (secondary N) is 2. The van der Waals surface area contributed by atoms with Crippen LogP contribution >= 0.6 is 0 Å². The average Bonchev–Trinajstić information content (AvgIpc) is 3.04. The highest BCUT2D eigenvalue weighted by Crippen LogP contribution is 2.54. The Hall–Kier alpha value is -1.35. The Bertz CT molecular complexity index is 444. The Morgan fingerprint density at radius 2 is 1.84 bits per heavy atom. The van der Waals surface area contributed by atoms with Crippen LogP contribution in [0.15, 0.2) is 24.3 Å². The highest BCUT2D eigenvalue weighted by molar-refractivity contribution is 5.92. The van der Waals surface area contributed by atoms with Gasteiger partial charge in [-0.3, -0.25) is 4.79 Å². The van der Waals surface area contributed by atoms with Crippen LogP contribution in [-0.4, -0.2) is 12.5 Å². The average molecular weight is 258 g/mol. The molecule has 2 saturated carbocycles. The first-order valence-corrected chi connectivity index (χ1v) is 7.36. The van der Waals surface area contributed by atoms with Crippen LogP contribution in [0.1, 0.15) is 31.7 Å². The normalized spacial score (nSPS) is 27.9. The maximum atomic E-state index is 12.1. The number of carbonyl (C=O) groups excluding carboxylic acids is 1. The van der Waals surface area contributed by atoms with Crippen LogP contribution in [0.3, 0.4) is 0 Å². The third-order valence-corrected chi connectivity index (χ3v) is 4.41. The first-order valence-electron chi connectivity index (χ1n) is 7.36. The van der Waals surface area contributed by atoms with Crippen molar-refractivity contribution in [3.8, 4) is 0 Å². The first-order chi connectivity index (χ1) is 9.26. The van der Waals surface area contributed by atoms with E-state index in [1.165, 1.54) is 12.0 Å². The van der Waals surface area contributed by atoms with Crippen LogP contribution < -0.4 is 10.6 Å². The smallest absolute Gasteiger partial charge is 0.227 e. The van der Waals surface area contributed by atoms with Gasteiger partial charge >= 0.3 is 0 Å². The molecule has 0 spiro atoms. The first kappa shape index (κ1) is 12.7. The second-order valence-corrected chi connectivity index (χ2v) is 5.89. The zero-order valence-corrected chi connectivity index (χ0v) is 11.5. The SMILES string of the molecule is CCNCc1ccc(NC(=O)C2CC3CC3C2)cc1. The molecule has 0 aromatic heterocycles. The van der Waals surface area contributed by atoms with Crippen LogP contribution in [0.4, 0.5) is 5.69 Å². The number of hydrogen-bond acceptors (Lipinski definition) is 2. The number of anilines is 1. The number of amides is 1. The molecule has 3 nitrogen and oxygen atoms in total. The lowest BCUT2D eigenvalue weighted by Crippen LogP contribution is -2.21. The van der Waals surface area contributed by atoms with E-state index in [9.17, 15) is 4.79 Å². The van der Waals surface area contributed by atoms with Gasteiger partial charge in [0.25, 0.3) is 0 Å². The maximum Gasteiger partial charge on any atom is 0.227 e. The summed E-state index contributed by atoms with van der Waals surface area (Å²) in [7, 11) is 0. The number of fused-ring (bicyclic) bond motifs is 1. The van der Waals surface area contributed by atoms with Crippen molar-refractivity contribution >= 4 is 11.6 Å². The van der Waals surface area contributed by atoms with Gasteiger partial charge in [0.05, 0.1) is 0 Å². The third-order valence-electron chi connectivity index (χ3n) is 4.41. The summed E-state index contributed by atoms with van der Waals surface area (Å²) in [4.78, 5) is 12.1. The van der Waals surface area contributed by atoms with E-state index >= 15 is 0 Å². The summed E-state index contributed by atoms with van der Waals surface area (Å²) in [5.41, 5.74) is 2.17. The Kier molecular flexibility index (Phi) is 3.56. The highest BCUT2D eigenvalue weighted by Gasteiger charge is 2.47. The monoisotopic (exact) mass is 258 g/mol. The number of benzene rings is 1. The fraction of sp³-hybridized carbons (Fsp3) is 0.562. The lowest BCUT2D eigenvalue weighted by atomic mass is 10.0. The standard InChI is InChI=1S/C16H22N2O/c1-2-17-10-11-3-5-15(6-4-11)18-16(19)14-8-12-7-13(12)9-14/h3-6,12-14,17H,2,7-10H2,1H3,(H,18,19). The van der Waals surface area contributed by atoms with Crippen molar-refractivity contribution in [3.63, 3.8) is 0 Å². The molecule has 0 saturated heterocycles. The molecule has 0 bridgehead atoms. The maximum absolute atomic E-state index is 12.1. The molecule has 3 heteroatoms. The Labute approximate surface area is 114 Å². The molecule has 2 aliphatic rings. The summed E-state index contributed by atoms with van der Waals surface area (Å²) in [6, 6.07) is 8.15. The van der Waals surface area contributed by atoms with E-state index in [1.54, 1.807) is 0 Å². The molecule has 102 valence electrons. The summed E-state index contributed by atoms with van der Waals surface area (Å²) >= 11 is 0. The molecule has 3 rings (SSSR count). The van der Waals surface area contributed by atoms with E-state index in [1.807, 2.05) is 12.1 Å². The largest absolute Gasteiger partial charge is 0.326 e. The van der Waals surface area contributed by atoms with Gasteiger partial charge in [-0.15, -0.1) is 0 Å². The predicted molar refractivity (Wildman–Crippen MR) is 76.8 cm³/mol. The van der Waals surface area contributed by atoms with Gasteiger partial charge in [-0.1, -0.05) is 19.1 Å². The second kappa shape index (κ2) is 5.33. The van der Waals surface area contributed by atoms with E-state index in [0.29, 0.717) is 0 Å². The van der Waals surface area contributed by atoms with Crippen molar-refractivity contribution < 1.29 is 4.79 Å². The van der Waals surface area contributed by atoms with Gasteiger partial charge in [-0.05, 0) is 55.3 Å². The number of carbonyl (C=O) groups is 1. The van der Waals surface area contributed by atoms with Gasteiger partial charge in [0.2, 0.25) is 5.91 Å². The Morgan fingerprint density at radius 1 is 1.16 bits per heavy atom. The minimum absolute atomic E-state index is 0.214. The van der Waals surface area contributed by atoms with Crippen molar-refractivity contribution in [2.24, 2.45) is 17.8 Å². The van der Waals surface area contributed by atoms with Crippen molar-refractivity contribution in [2.45, 2.75) is 32.7 Å². The molecular formula is C16H22N2O. The molecule has 0 heterocycles. The van der Waals surface area contributed by atoms with Gasteiger partial charge in [0.15, 0.2) is 0 Å². The van der Waals surface area contributed by atoms with E-state index in [2.05, 4.69) is 29.7 Å². The third kappa shape index (κ3) is 2.98. The minimum Gasteiger partial charge on any atom is -0.326 e. The molecule has 1 aromatic rings. The molecule has 19 heavy (non-hydrogen) atoms. The molecule has 1 amide bonds. The lowest BCUT2D eigenvalue weighted by molar-refractivity contribution is -0.120. The second-order valence-electron chi connectivity index (χ2n) is 5.89. The zero-order chi connectivity index (χ0) is 13.2. The predicted octanol–water partition coefficient (Wildman–Crippen LogP) is 2.78. The van der Waals surface area contributed by atoms with Crippen LogP contribution in [0.5, 0.6) is 0 Å². The van der Waals surface area contributed by atoms with Crippen molar-refractivity contribution in [1.82, 2.24) is 5.32 Å². The molecular weight excluding hydrogens is 236 g/mol. The number of rotatable bonds is 5. The fourth-order valence-electron chi connectivity index (χ4n) is 3.15. The summed E-state index contributed by atoms with van der Waals surface area (Å²) in [5.74, 6) is 2.19. The van der Waals surface area contributed by atoms with Gasteiger partial charge < -0.3 is 10.6 Å².